The van der Waals surface area contributed by atoms with E-state index in [9.17, 15) is 28.1 Å². The van der Waals surface area contributed by atoms with Crippen molar-refractivity contribution < 1.29 is 27.7 Å². The summed E-state index contributed by atoms with van der Waals surface area (Å²) in [6.45, 7) is -0.544. The third-order valence-electron chi connectivity index (χ3n) is 3.77. The summed E-state index contributed by atoms with van der Waals surface area (Å²) in [6.07, 6.45) is -4.74. The van der Waals surface area contributed by atoms with E-state index in [1.165, 1.54) is 42.5 Å². The number of hydrogen-bond donors (Lipinski definition) is 1. The summed E-state index contributed by atoms with van der Waals surface area (Å²) in [5, 5.41) is 14.1. The summed E-state index contributed by atoms with van der Waals surface area (Å²) in [5.41, 5.74) is 5.40. The molecule has 0 radical (unpaired) electrons. The fraction of sp³-hybridized carbons (Fsp3) is 0.118. The number of nitrogens with zero attached hydrogens (tertiary/aromatic N) is 4. The number of rotatable bonds is 5. The summed E-state index contributed by atoms with van der Waals surface area (Å²) in [5.74, 6) is -2.66. The van der Waals surface area contributed by atoms with Gasteiger partial charge in [0.1, 0.15) is 0 Å². The van der Waals surface area contributed by atoms with Gasteiger partial charge in [0.05, 0.1) is 28.1 Å². The molecule has 150 valence electrons. The Bertz CT molecular complexity index is 1120. The maximum Gasteiger partial charge on any atom is 0.449 e. The maximum absolute atomic E-state index is 13.3. The lowest BCUT2D eigenvalue weighted by Crippen LogP contribution is -2.24. The Hall–Kier alpha value is -3.96. The van der Waals surface area contributed by atoms with Crippen LogP contribution in [0.25, 0.3) is 11.0 Å². The number of fused-ring (bicyclic) bond motifs is 1. The number of para-hydroxylation sites is 2. The number of carbonyl (C=O) groups excluding carboxylic acids is 1. The fourth-order valence-electron chi connectivity index (χ4n) is 2.54. The van der Waals surface area contributed by atoms with E-state index in [2.05, 4.69) is 15.0 Å². The molecule has 0 saturated carbocycles. The van der Waals surface area contributed by atoms with E-state index < -0.39 is 35.3 Å². The Balaban J connectivity index is 1.82. The molecule has 3 aromatic rings. The molecule has 0 unspecified atom stereocenters. The first-order valence-corrected chi connectivity index (χ1v) is 7.97. The van der Waals surface area contributed by atoms with Gasteiger partial charge in [0.15, 0.2) is 5.84 Å². The second-order valence-corrected chi connectivity index (χ2v) is 5.78. The number of hydrogen-bond acceptors (Lipinski definition) is 6. The Morgan fingerprint density at radius 1 is 1.24 bits per heavy atom. The van der Waals surface area contributed by atoms with Crippen LogP contribution in [0.2, 0.25) is 0 Å². The first kappa shape index (κ1) is 19.8. The molecule has 0 amide bonds. The summed E-state index contributed by atoms with van der Waals surface area (Å²) < 4.78 is 40.6. The van der Waals surface area contributed by atoms with Gasteiger partial charge in [-0.1, -0.05) is 23.4 Å². The van der Waals surface area contributed by atoms with Gasteiger partial charge < -0.3 is 15.1 Å². The van der Waals surface area contributed by atoms with Gasteiger partial charge in [-0.05, 0) is 18.2 Å². The number of carbonyl (C=O) groups is 1. The normalized spacial score (nSPS) is 12.2. The van der Waals surface area contributed by atoms with Crippen LogP contribution in [0.5, 0.6) is 0 Å². The van der Waals surface area contributed by atoms with E-state index in [1.54, 1.807) is 0 Å². The van der Waals surface area contributed by atoms with Gasteiger partial charge in [0.25, 0.3) is 5.69 Å². The van der Waals surface area contributed by atoms with Gasteiger partial charge >= 0.3 is 12.1 Å². The lowest BCUT2D eigenvalue weighted by Gasteiger charge is -2.10. The average molecular weight is 407 g/mol. The Morgan fingerprint density at radius 3 is 2.66 bits per heavy atom. The van der Waals surface area contributed by atoms with Crippen LogP contribution < -0.4 is 5.73 Å². The minimum absolute atomic E-state index is 0.112. The molecule has 12 heteroatoms. The van der Waals surface area contributed by atoms with E-state index in [4.69, 9.17) is 5.73 Å². The number of alkyl halides is 3. The average Bonchev–Trinajstić information content (AvgIpc) is 3.05. The third kappa shape index (κ3) is 4.31. The second-order valence-electron chi connectivity index (χ2n) is 5.78. The number of nitro benzene ring substituents is 1. The summed E-state index contributed by atoms with van der Waals surface area (Å²) in [4.78, 5) is 30.2. The molecule has 0 aliphatic carbocycles. The van der Waals surface area contributed by atoms with Crippen molar-refractivity contribution >= 4 is 28.5 Å². The molecule has 29 heavy (non-hydrogen) atoms. The van der Waals surface area contributed by atoms with Gasteiger partial charge in [-0.3, -0.25) is 10.1 Å². The molecule has 1 heterocycles. The highest BCUT2D eigenvalue weighted by atomic mass is 19.4. The van der Waals surface area contributed by atoms with Gasteiger partial charge in [0, 0.05) is 12.1 Å². The first-order valence-electron chi connectivity index (χ1n) is 7.97. The second kappa shape index (κ2) is 7.58. The highest BCUT2D eigenvalue weighted by Gasteiger charge is 2.37. The topological polar surface area (TPSA) is 126 Å². The smallest absolute Gasteiger partial charge is 0.383 e. The monoisotopic (exact) mass is 407 g/mol. The minimum atomic E-state index is -4.74. The molecule has 3 rings (SSSR count). The zero-order valence-corrected chi connectivity index (χ0v) is 14.5. The number of nitro groups is 1. The molecular formula is C17H12F3N5O4. The number of non-ortho nitro benzene ring substituents is 1. The first-order chi connectivity index (χ1) is 13.7. The molecule has 0 fully saturated rings. The van der Waals surface area contributed by atoms with Crippen molar-refractivity contribution in [3.8, 4) is 0 Å². The Labute approximate surface area is 160 Å². The zero-order valence-electron chi connectivity index (χ0n) is 14.5. The van der Waals surface area contributed by atoms with Crippen molar-refractivity contribution in [3.05, 3.63) is 70.0 Å². The lowest BCUT2D eigenvalue weighted by molar-refractivity contribution is -0.384. The molecule has 0 aliphatic rings. The predicted octanol–water partition coefficient (Wildman–Crippen LogP) is 3.09. The van der Waals surface area contributed by atoms with Gasteiger partial charge in [0.2, 0.25) is 5.82 Å². The van der Waals surface area contributed by atoms with E-state index in [-0.39, 0.29) is 22.3 Å². The number of halogens is 3. The van der Waals surface area contributed by atoms with Crippen molar-refractivity contribution in [2.24, 2.45) is 10.9 Å². The number of aromatic nitrogens is 2. The van der Waals surface area contributed by atoms with Gasteiger partial charge in [-0.2, -0.15) is 13.2 Å². The van der Waals surface area contributed by atoms with Crippen molar-refractivity contribution in [1.29, 1.82) is 0 Å². The molecular weight excluding hydrogens is 395 g/mol. The van der Waals surface area contributed by atoms with Crippen LogP contribution >= 0.6 is 0 Å². The summed E-state index contributed by atoms with van der Waals surface area (Å²) >= 11 is 0. The summed E-state index contributed by atoms with van der Waals surface area (Å²) in [6, 6.07) is 10.6. The third-order valence-corrected chi connectivity index (χ3v) is 3.77. The highest BCUT2D eigenvalue weighted by Crippen LogP contribution is 2.31. The Kier molecular flexibility index (Phi) is 5.17. The predicted molar refractivity (Wildman–Crippen MR) is 94.9 cm³/mol. The van der Waals surface area contributed by atoms with Crippen LogP contribution in [-0.4, -0.2) is 26.3 Å². The molecule has 0 atom stereocenters. The number of nitrogens with two attached hydrogens (primary N) is 1. The van der Waals surface area contributed by atoms with Crippen LogP contribution in [0.15, 0.2) is 53.7 Å². The molecule has 2 aromatic carbocycles. The highest BCUT2D eigenvalue weighted by molar-refractivity contribution is 5.91. The molecule has 0 spiro atoms. The molecule has 2 N–H and O–H groups in total. The number of amidine groups is 1. The SMILES string of the molecule is N/C(Cn1c(C(F)(F)F)nc2ccccc21)=N/OC(=O)c1cccc([N+](=O)[O-])c1. The molecule has 9 nitrogen and oxygen atoms in total. The van der Waals surface area contributed by atoms with E-state index in [0.29, 0.717) is 0 Å². The number of oxime groups is 1. The quantitative estimate of drug-likeness (QED) is 0.228. The molecule has 1 aromatic heterocycles. The van der Waals surface area contributed by atoms with Crippen LogP contribution in [0, 0.1) is 10.1 Å². The standard InChI is InChI=1S/C17H12F3N5O4/c18-17(19,20)16-22-12-6-1-2-7-13(12)24(16)9-14(21)23-29-15(26)10-4-3-5-11(8-10)25(27)28/h1-8H,9H2,(H2,21,23). The van der Waals surface area contributed by atoms with Crippen LogP contribution in [0.1, 0.15) is 16.2 Å². The largest absolute Gasteiger partial charge is 0.449 e. The van der Waals surface area contributed by atoms with Crippen LogP contribution in [0.3, 0.4) is 0 Å². The van der Waals surface area contributed by atoms with Crippen molar-refractivity contribution in [2.75, 3.05) is 0 Å². The van der Waals surface area contributed by atoms with Crippen LogP contribution in [-0.2, 0) is 17.6 Å². The fourth-order valence-corrected chi connectivity index (χ4v) is 2.54. The number of imidazole rings is 1. The lowest BCUT2D eigenvalue weighted by atomic mass is 10.2. The number of benzene rings is 2. The van der Waals surface area contributed by atoms with E-state index in [0.717, 1.165) is 10.6 Å². The minimum Gasteiger partial charge on any atom is -0.383 e. The van der Waals surface area contributed by atoms with Crippen molar-refractivity contribution in [2.45, 2.75) is 12.7 Å². The summed E-state index contributed by atoms with van der Waals surface area (Å²) in [7, 11) is 0. The van der Waals surface area contributed by atoms with Crippen molar-refractivity contribution in [3.63, 3.8) is 0 Å². The molecule has 0 bridgehead atoms. The zero-order chi connectivity index (χ0) is 21.2. The Morgan fingerprint density at radius 2 is 1.97 bits per heavy atom. The van der Waals surface area contributed by atoms with Gasteiger partial charge in [-0.15, -0.1) is 0 Å². The van der Waals surface area contributed by atoms with E-state index >= 15 is 0 Å². The van der Waals surface area contributed by atoms with Gasteiger partial charge in [-0.25, -0.2) is 9.78 Å². The van der Waals surface area contributed by atoms with Crippen LogP contribution in [0.4, 0.5) is 18.9 Å². The molecule has 0 saturated heterocycles. The van der Waals surface area contributed by atoms with E-state index in [1.807, 2.05) is 0 Å². The molecule has 0 aliphatic heterocycles. The van der Waals surface area contributed by atoms with Crippen molar-refractivity contribution in [1.82, 2.24) is 9.55 Å². The maximum atomic E-state index is 13.3.